The van der Waals surface area contributed by atoms with Crippen LogP contribution in [-0.4, -0.2) is 15.5 Å². The van der Waals surface area contributed by atoms with Crippen LogP contribution in [0.1, 0.15) is 37.0 Å². The number of nitrogens with zero attached hydrogens (tertiary/aromatic N) is 1. The molecule has 18 heavy (non-hydrogen) atoms. The van der Waals surface area contributed by atoms with Gasteiger partial charge in [-0.2, -0.15) is 0 Å². The Kier molecular flexibility index (Phi) is 3.62. The minimum Gasteiger partial charge on any atom is -0.494 e. The van der Waals surface area contributed by atoms with Crippen molar-refractivity contribution >= 4 is 28.3 Å². The highest BCUT2D eigenvalue weighted by Gasteiger charge is 2.19. The number of halogens is 1. The van der Waals surface area contributed by atoms with Crippen LogP contribution < -0.4 is 0 Å². The molecule has 1 N–H and O–H groups in total. The number of ketones is 1. The van der Waals surface area contributed by atoms with Crippen LogP contribution in [0.5, 0.6) is 5.88 Å². The normalized spacial score (nSPS) is 11.1. The standard InChI is InChI=1S/C14H16ClNO2/c1-3-4-7-16-12-6-5-10(15)8-11(12)13(9(2)17)14(16)18/h5-6,8,18H,3-4,7H2,1-2H3. The van der Waals surface area contributed by atoms with Crippen LogP contribution in [0, 0.1) is 0 Å². The molecule has 0 unspecified atom stereocenters. The number of rotatable bonds is 4. The average molecular weight is 266 g/mol. The lowest BCUT2D eigenvalue weighted by atomic mass is 10.1. The van der Waals surface area contributed by atoms with Gasteiger partial charge < -0.3 is 9.67 Å². The Bertz CT molecular complexity index is 601. The molecule has 0 aliphatic rings. The topological polar surface area (TPSA) is 42.2 Å². The number of aromatic hydroxyl groups is 1. The first-order valence-corrected chi connectivity index (χ1v) is 6.45. The highest BCUT2D eigenvalue weighted by atomic mass is 35.5. The van der Waals surface area contributed by atoms with Gasteiger partial charge in [0.25, 0.3) is 0 Å². The predicted molar refractivity (Wildman–Crippen MR) is 73.5 cm³/mol. The van der Waals surface area contributed by atoms with Crippen molar-refractivity contribution in [1.82, 2.24) is 4.57 Å². The number of Topliss-reactive ketones (excluding diaryl/α,β-unsaturated/α-hetero) is 1. The van der Waals surface area contributed by atoms with Crippen molar-refractivity contribution in [3.8, 4) is 5.88 Å². The molecule has 0 saturated heterocycles. The summed E-state index contributed by atoms with van der Waals surface area (Å²) in [6, 6.07) is 5.35. The molecule has 2 rings (SSSR count). The smallest absolute Gasteiger partial charge is 0.203 e. The molecule has 0 radical (unpaired) electrons. The van der Waals surface area contributed by atoms with Gasteiger partial charge in [-0.3, -0.25) is 4.79 Å². The maximum Gasteiger partial charge on any atom is 0.203 e. The SMILES string of the molecule is CCCCn1c(O)c(C(C)=O)c2cc(Cl)ccc21. The van der Waals surface area contributed by atoms with E-state index in [2.05, 4.69) is 6.92 Å². The number of hydrogen-bond acceptors (Lipinski definition) is 2. The van der Waals surface area contributed by atoms with Gasteiger partial charge in [0.15, 0.2) is 5.78 Å². The van der Waals surface area contributed by atoms with Crippen LogP contribution in [0.15, 0.2) is 18.2 Å². The summed E-state index contributed by atoms with van der Waals surface area (Å²) in [5.74, 6) is -0.0942. The number of aryl methyl sites for hydroxylation is 1. The summed E-state index contributed by atoms with van der Waals surface area (Å²) in [4.78, 5) is 11.7. The van der Waals surface area contributed by atoms with Crippen LogP contribution in [-0.2, 0) is 6.54 Å². The highest BCUT2D eigenvalue weighted by molar-refractivity contribution is 6.31. The fraction of sp³-hybridized carbons (Fsp3) is 0.357. The van der Waals surface area contributed by atoms with Gasteiger partial charge in [-0.25, -0.2) is 0 Å². The lowest BCUT2D eigenvalue weighted by molar-refractivity contribution is 0.101. The van der Waals surface area contributed by atoms with Gasteiger partial charge >= 0.3 is 0 Å². The Labute approximate surface area is 111 Å². The van der Waals surface area contributed by atoms with Crippen LogP contribution in [0.25, 0.3) is 10.9 Å². The molecule has 1 aromatic carbocycles. The second kappa shape index (κ2) is 5.02. The van der Waals surface area contributed by atoms with Gasteiger partial charge in [-0.1, -0.05) is 24.9 Å². The molecule has 0 amide bonds. The summed E-state index contributed by atoms with van der Waals surface area (Å²) in [5.41, 5.74) is 1.22. The summed E-state index contributed by atoms with van der Waals surface area (Å²) in [6.07, 6.45) is 1.99. The summed E-state index contributed by atoms with van der Waals surface area (Å²) in [6.45, 7) is 4.25. The molecule has 0 aliphatic heterocycles. The van der Waals surface area contributed by atoms with Gasteiger partial charge in [0.2, 0.25) is 5.88 Å². The Balaban J connectivity index is 2.70. The number of fused-ring (bicyclic) bond motifs is 1. The Morgan fingerprint density at radius 1 is 1.44 bits per heavy atom. The van der Waals surface area contributed by atoms with Crippen molar-refractivity contribution in [2.45, 2.75) is 33.2 Å². The number of unbranched alkanes of at least 4 members (excludes halogenated alkanes) is 1. The van der Waals surface area contributed by atoms with E-state index in [1.165, 1.54) is 6.92 Å². The summed E-state index contributed by atoms with van der Waals surface area (Å²) >= 11 is 5.96. The van der Waals surface area contributed by atoms with Crippen LogP contribution in [0.3, 0.4) is 0 Å². The molecular formula is C14H16ClNO2. The third-order valence-corrected chi connectivity index (χ3v) is 3.32. The molecule has 0 spiro atoms. The second-order valence-electron chi connectivity index (χ2n) is 4.42. The Hall–Kier alpha value is -1.48. The van der Waals surface area contributed by atoms with Gasteiger partial charge in [0.1, 0.15) is 0 Å². The molecule has 96 valence electrons. The number of carbonyl (C=O) groups is 1. The first-order chi connectivity index (χ1) is 8.56. The molecule has 3 nitrogen and oxygen atoms in total. The van der Waals surface area contributed by atoms with Crippen LogP contribution >= 0.6 is 11.6 Å². The highest BCUT2D eigenvalue weighted by Crippen LogP contribution is 2.33. The Morgan fingerprint density at radius 3 is 2.78 bits per heavy atom. The molecule has 0 saturated carbocycles. The number of carbonyl (C=O) groups excluding carboxylic acids is 1. The molecule has 1 heterocycles. The van der Waals surface area contributed by atoms with Crippen molar-refractivity contribution in [2.75, 3.05) is 0 Å². The van der Waals surface area contributed by atoms with Crippen molar-refractivity contribution < 1.29 is 9.90 Å². The third kappa shape index (κ3) is 2.10. The fourth-order valence-corrected chi connectivity index (χ4v) is 2.38. The van der Waals surface area contributed by atoms with E-state index in [0.717, 1.165) is 23.7 Å². The van der Waals surface area contributed by atoms with Crippen molar-refractivity contribution in [1.29, 1.82) is 0 Å². The zero-order valence-electron chi connectivity index (χ0n) is 10.5. The zero-order chi connectivity index (χ0) is 13.3. The minimum absolute atomic E-state index is 0.0493. The van der Waals surface area contributed by atoms with Crippen molar-refractivity contribution in [2.24, 2.45) is 0 Å². The van der Waals surface area contributed by atoms with Gasteiger partial charge in [-0.05, 0) is 31.5 Å². The third-order valence-electron chi connectivity index (χ3n) is 3.09. The zero-order valence-corrected chi connectivity index (χ0v) is 11.3. The van der Waals surface area contributed by atoms with Gasteiger partial charge in [0.05, 0.1) is 11.1 Å². The number of benzene rings is 1. The molecule has 0 atom stereocenters. The summed E-state index contributed by atoms with van der Waals surface area (Å²) in [5, 5.41) is 11.5. The molecule has 0 fully saturated rings. The molecule has 0 aliphatic carbocycles. The molecule has 1 aromatic heterocycles. The van der Waals surface area contributed by atoms with Crippen molar-refractivity contribution in [3.05, 3.63) is 28.8 Å². The van der Waals surface area contributed by atoms with E-state index < -0.39 is 0 Å². The monoisotopic (exact) mass is 265 g/mol. The van der Waals surface area contributed by atoms with Crippen molar-refractivity contribution in [3.63, 3.8) is 0 Å². The first kappa shape index (κ1) is 13.0. The summed E-state index contributed by atoms with van der Waals surface area (Å²) < 4.78 is 1.78. The van der Waals surface area contributed by atoms with Crippen LogP contribution in [0.4, 0.5) is 0 Å². The van der Waals surface area contributed by atoms with E-state index in [1.807, 2.05) is 6.07 Å². The Morgan fingerprint density at radius 2 is 2.17 bits per heavy atom. The predicted octanol–water partition coefficient (Wildman–Crippen LogP) is 4.00. The summed E-state index contributed by atoms with van der Waals surface area (Å²) in [7, 11) is 0. The lowest BCUT2D eigenvalue weighted by Crippen LogP contribution is -1.97. The number of hydrogen-bond donors (Lipinski definition) is 1. The molecule has 2 aromatic rings. The molecule has 4 heteroatoms. The maximum atomic E-state index is 11.7. The minimum atomic E-state index is -0.144. The van der Waals surface area contributed by atoms with E-state index in [0.29, 0.717) is 17.1 Å². The second-order valence-corrected chi connectivity index (χ2v) is 4.86. The first-order valence-electron chi connectivity index (χ1n) is 6.08. The van der Waals surface area contributed by atoms with E-state index in [9.17, 15) is 9.90 Å². The van der Waals surface area contributed by atoms with Gasteiger partial charge in [-0.15, -0.1) is 0 Å². The van der Waals surface area contributed by atoms with E-state index in [-0.39, 0.29) is 11.7 Å². The van der Waals surface area contributed by atoms with E-state index in [1.54, 1.807) is 16.7 Å². The maximum absolute atomic E-state index is 11.7. The fourth-order valence-electron chi connectivity index (χ4n) is 2.20. The molecule has 0 bridgehead atoms. The van der Waals surface area contributed by atoms with Gasteiger partial charge in [0, 0.05) is 17.0 Å². The number of aromatic nitrogens is 1. The quantitative estimate of drug-likeness (QED) is 0.849. The lowest BCUT2D eigenvalue weighted by Gasteiger charge is -2.05. The van der Waals surface area contributed by atoms with Crippen LogP contribution in [0.2, 0.25) is 5.02 Å². The molecular weight excluding hydrogens is 250 g/mol. The average Bonchev–Trinajstić information content (AvgIpc) is 2.58. The van der Waals surface area contributed by atoms with E-state index >= 15 is 0 Å². The largest absolute Gasteiger partial charge is 0.494 e. The van der Waals surface area contributed by atoms with E-state index in [4.69, 9.17) is 11.6 Å².